The second-order valence-electron chi connectivity index (χ2n) is 7.26. The summed E-state index contributed by atoms with van der Waals surface area (Å²) in [6, 6.07) is 4.03. The van der Waals surface area contributed by atoms with Crippen molar-refractivity contribution < 1.29 is 14.2 Å². The molecule has 2 aromatic rings. The van der Waals surface area contributed by atoms with Gasteiger partial charge in [-0.3, -0.25) is 0 Å². The summed E-state index contributed by atoms with van der Waals surface area (Å²) in [6.07, 6.45) is 3.43. The molecule has 7 heteroatoms. The predicted octanol–water partition coefficient (Wildman–Crippen LogP) is 4.14. The van der Waals surface area contributed by atoms with Crippen molar-refractivity contribution in [3.05, 3.63) is 23.4 Å². The summed E-state index contributed by atoms with van der Waals surface area (Å²) in [5.74, 6) is 2.52. The Morgan fingerprint density at radius 3 is 2.14 bits per heavy atom. The Balaban J connectivity index is 2.50. The van der Waals surface area contributed by atoms with E-state index in [1.165, 1.54) is 12.8 Å². The lowest BCUT2D eigenvalue weighted by atomic mass is 10.0. The molecule has 1 heterocycles. The second kappa shape index (κ2) is 10.9. The maximum Gasteiger partial charge on any atom is 0.257 e. The minimum absolute atomic E-state index is 0.462. The first kappa shape index (κ1) is 22.7. The molecule has 1 aromatic heterocycles. The van der Waals surface area contributed by atoms with Gasteiger partial charge in [-0.2, -0.15) is 0 Å². The van der Waals surface area contributed by atoms with E-state index in [1.807, 2.05) is 33.2 Å². The van der Waals surface area contributed by atoms with Gasteiger partial charge in [0.2, 0.25) is 0 Å². The molecule has 0 bridgehead atoms. The fourth-order valence-corrected chi connectivity index (χ4v) is 3.24. The maximum absolute atomic E-state index is 5.69. The summed E-state index contributed by atoms with van der Waals surface area (Å²) < 4.78 is 16.9. The number of rotatable bonds is 11. The molecular weight excluding hydrogens is 368 g/mol. The molecule has 7 nitrogen and oxygen atoms in total. The highest BCUT2D eigenvalue weighted by atomic mass is 16.5. The summed E-state index contributed by atoms with van der Waals surface area (Å²) in [6.45, 7) is 5.74. The summed E-state index contributed by atoms with van der Waals surface area (Å²) in [5, 5.41) is 3.34. The van der Waals surface area contributed by atoms with E-state index in [0.29, 0.717) is 28.9 Å². The minimum atomic E-state index is 0.462. The molecule has 0 aliphatic heterocycles. The van der Waals surface area contributed by atoms with E-state index in [4.69, 9.17) is 24.2 Å². The number of hydrogen-bond acceptors (Lipinski definition) is 7. The highest BCUT2D eigenvalue weighted by Gasteiger charge is 2.21. The molecule has 160 valence electrons. The van der Waals surface area contributed by atoms with Crippen LogP contribution in [0.25, 0.3) is 11.3 Å². The number of nitrogens with one attached hydrogen (secondary N) is 1. The smallest absolute Gasteiger partial charge is 0.257 e. The van der Waals surface area contributed by atoms with Crippen LogP contribution >= 0.6 is 0 Å². The van der Waals surface area contributed by atoms with E-state index in [0.717, 1.165) is 36.3 Å². The lowest BCUT2D eigenvalue weighted by Gasteiger charge is -2.19. The lowest BCUT2D eigenvalue weighted by molar-refractivity contribution is 0.382. The Labute approximate surface area is 174 Å². The van der Waals surface area contributed by atoms with Crippen LogP contribution in [-0.4, -0.2) is 56.8 Å². The number of nitrogens with zero attached hydrogens (tertiary/aromatic N) is 3. The van der Waals surface area contributed by atoms with Gasteiger partial charge in [0.05, 0.1) is 32.6 Å². The van der Waals surface area contributed by atoms with Crippen molar-refractivity contribution in [1.29, 1.82) is 0 Å². The minimum Gasteiger partial charge on any atom is -0.496 e. The van der Waals surface area contributed by atoms with Crippen molar-refractivity contribution in [1.82, 2.24) is 14.9 Å². The Morgan fingerprint density at radius 2 is 1.62 bits per heavy atom. The Bertz CT molecular complexity index is 784. The highest BCUT2D eigenvalue weighted by Crippen LogP contribution is 2.41. The van der Waals surface area contributed by atoms with Crippen molar-refractivity contribution >= 4 is 5.82 Å². The largest absolute Gasteiger partial charge is 0.496 e. The van der Waals surface area contributed by atoms with Gasteiger partial charge in [-0.15, -0.1) is 0 Å². The van der Waals surface area contributed by atoms with Gasteiger partial charge in [0.25, 0.3) is 5.88 Å². The van der Waals surface area contributed by atoms with Crippen molar-refractivity contribution in [2.45, 2.75) is 39.7 Å². The van der Waals surface area contributed by atoms with Crippen LogP contribution in [0.2, 0.25) is 0 Å². The predicted molar refractivity (Wildman–Crippen MR) is 117 cm³/mol. The van der Waals surface area contributed by atoms with Gasteiger partial charge in [-0.25, -0.2) is 9.97 Å². The molecule has 0 fully saturated rings. The molecule has 0 aliphatic rings. The SMILES string of the molecule is CCCCCNc1nc(C)c(-c2c(OC)cc(CN(C)C)cc2OC)nc1OC. The van der Waals surface area contributed by atoms with Gasteiger partial charge in [0, 0.05) is 13.1 Å². The normalized spacial score (nSPS) is 10.9. The van der Waals surface area contributed by atoms with E-state index < -0.39 is 0 Å². The van der Waals surface area contributed by atoms with Gasteiger partial charge >= 0.3 is 0 Å². The number of benzene rings is 1. The Hall–Kier alpha value is -2.54. The fourth-order valence-electron chi connectivity index (χ4n) is 3.24. The van der Waals surface area contributed by atoms with Crippen LogP contribution in [0.3, 0.4) is 0 Å². The number of hydrogen-bond donors (Lipinski definition) is 1. The summed E-state index contributed by atoms with van der Waals surface area (Å²) in [5.41, 5.74) is 3.34. The molecule has 1 N–H and O–H groups in total. The highest BCUT2D eigenvalue weighted by molar-refractivity contribution is 5.77. The monoisotopic (exact) mass is 402 g/mol. The number of aryl methyl sites for hydroxylation is 1. The first-order valence-corrected chi connectivity index (χ1v) is 10.0. The van der Waals surface area contributed by atoms with Crippen LogP contribution in [0.4, 0.5) is 5.82 Å². The van der Waals surface area contributed by atoms with Crippen LogP contribution < -0.4 is 19.5 Å². The molecular formula is C22H34N4O3. The van der Waals surface area contributed by atoms with Gasteiger partial charge in [0.15, 0.2) is 5.82 Å². The zero-order valence-corrected chi connectivity index (χ0v) is 18.8. The number of ether oxygens (including phenoxy) is 3. The summed E-state index contributed by atoms with van der Waals surface area (Å²) >= 11 is 0. The molecule has 29 heavy (non-hydrogen) atoms. The van der Waals surface area contributed by atoms with Crippen molar-refractivity contribution in [2.75, 3.05) is 47.3 Å². The molecule has 0 radical (unpaired) electrons. The second-order valence-corrected chi connectivity index (χ2v) is 7.26. The quantitative estimate of drug-likeness (QED) is 0.567. The van der Waals surface area contributed by atoms with Crippen molar-refractivity contribution in [3.8, 4) is 28.6 Å². The molecule has 1 aromatic carbocycles. The van der Waals surface area contributed by atoms with Gasteiger partial charge in [0.1, 0.15) is 17.2 Å². The molecule has 0 amide bonds. The Kier molecular flexibility index (Phi) is 8.51. The maximum atomic E-state index is 5.69. The number of aromatic nitrogens is 2. The van der Waals surface area contributed by atoms with Gasteiger partial charge < -0.3 is 24.4 Å². The first-order chi connectivity index (χ1) is 13.9. The molecule has 0 atom stereocenters. The average Bonchev–Trinajstić information content (AvgIpc) is 2.70. The van der Waals surface area contributed by atoms with Gasteiger partial charge in [-0.1, -0.05) is 19.8 Å². The number of unbranched alkanes of at least 4 members (excludes halogenated alkanes) is 2. The molecule has 2 rings (SSSR count). The zero-order chi connectivity index (χ0) is 21.4. The van der Waals surface area contributed by atoms with Crippen molar-refractivity contribution in [3.63, 3.8) is 0 Å². The summed E-state index contributed by atoms with van der Waals surface area (Å²) in [7, 11) is 8.97. The van der Waals surface area contributed by atoms with Crippen LogP contribution in [0.1, 0.15) is 37.4 Å². The number of anilines is 1. The molecule has 0 unspecified atom stereocenters. The van der Waals surface area contributed by atoms with Crippen molar-refractivity contribution in [2.24, 2.45) is 0 Å². The zero-order valence-electron chi connectivity index (χ0n) is 18.8. The molecule has 0 spiro atoms. The average molecular weight is 403 g/mol. The van der Waals surface area contributed by atoms with E-state index >= 15 is 0 Å². The third-order valence-electron chi connectivity index (χ3n) is 4.61. The first-order valence-electron chi connectivity index (χ1n) is 10.0. The standard InChI is InChI=1S/C22H34N4O3/c1-8-9-10-11-23-21-22(29-7)25-20(15(2)24-21)19-17(27-5)12-16(14-26(3)4)13-18(19)28-6/h12-13H,8-11,14H2,1-7H3,(H,23,24). The van der Waals surface area contributed by atoms with E-state index in [2.05, 4.69) is 17.1 Å². The third kappa shape index (κ3) is 5.73. The molecule has 0 saturated carbocycles. The molecule has 0 saturated heterocycles. The lowest BCUT2D eigenvalue weighted by Crippen LogP contribution is -2.11. The molecule has 0 aliphatic carbocycles. The van der Waals surface area contributed by atoms with E-state index in [9.17, 15) is 0 Å². The van der Waals surface area contributed by atoms with Gasteiger partial charge in [-0.05, 0) is 45.1 Å². The fraction of sp³-hybridized carbons (Fsp3) is 0.545. The van der Waals surface area contributed by atoms with Crippen LogP contribution in [-0.2, 0) is 6.54 Å². The van der Waals surface area contributed by atoms with Crippen LogP contribution in [0.15, 0.2) is 12.1 Å². The summed E-state index contributed by atoms with van der Waals surface area (Å²) in [4.78, 5) is 11.6. The van der Waals surface area contributed by atoms with E-state index in [-0.39, 0.29) is 0 Å². The van der Waals surface area contributed by atoms with Crippen LogP contribution in [0.5, 0.6) is 17.4 Å². The number of methoxy groups -OCH3 is 3. The van der Waals surface area contributed by atoms with E-state index in [1.54, 1.807) is 21.3 Å². The topological polar surface area (TPSA) is 68.7 Å². The third-order valence-corrected chi connectivity index (χ3v) is 4.61. The Morgan fingerprint density at radius 1 is 0.966 bits per heavy atom. The van der Waals surface area contributed by atoms with Crippen LogP contribution in [0, 0.1) is 6.92 Å².